The molecule has 0 spiro atoms. The molecule has 0 aliphatic carbocycles. The lowest BCUT2D eigenvalue weighted by molar-refractivity contribution is -0.905. The Morgan fingerprint density at radius 1 is 1.22 bits per heavy atom. The van der Waals surface area contributed by atoms with Crippen molar-refractivity contribution in [2.24, 2.45) is 0 Å². The summed E-state index contributed by atoms with van der Waals surface area (Å²) in [6.45, 7) is 7.28. The predicted molar refractivity (Wildman–Crippen MR) is 92.3 cm³/mol. The van der Waals surface area contributed by atoms with Crippen molar-refractivity contribution in [3.8, 4) is 0 Å². The molecule has 2 aromatic heterocycles. The molecule has 1 aliphatic rings. The van der Waals surface area contributed by atoms with Crippen LogP contribution in [0.5, 0.6) is 0 Å². The highest BCUT2D eigenvalue weighted by molar-refractivity contribution is 7.99. The zero-order chi connectivity index (χ0) is 15.6. The molecule has 120 valence electrons. The van der Waals surface area contributed by atoms with Gasteiger partial charge in [-0.2, -0.15) is 0 Å². The topological polar surface area (TPSA) is 43.9 Å². The van der Waals surface area contributed by atoms with Crippen molar-refractivity contribution in [3.05, 3.63) is 35.9 Å². The lowest BCUT2D eigenvalue weighted by Crippen LogP contribution is -3.14. The highest BCUT2D eigenvalue weighted by Crippen LogP contribution is 2.25. The van der Waals surface area contributed by atoms with Crippen molar-refractivity contribution >= 4 is 28.3 Å². The van der Waals surface area contributed by atoms with Crippen molar-refractivity contribution in [2.45, 2.75) is 12.1 Å². The van der Waals surface area contributed by atoms with Crippen LogP contribution in [-0.2, 0) is 4.74 Å². The molecule has 23 heavy (non-hydrogen) atoms. The zero-order valence-electron chi connectivity index (χ0n) is 13.3. The number of nitrogens with one attached hydrogen (secondary N) is 1. The Labute approximate surface area is 139 Å². The number of hydrogen-bond donors (Lipinski definition) is 1. The molecule has 4 rings (SSSR count). The third kappa shape index (κ3) is 2.94. The van der Waals surface area contributed by atoms with E-state index in [-0.39, 0.29) is 0 Å². The molecule has 1 fully saturated rings. The lowest BCUT2D eigenvalue weighted by Gasteiger charge is -2.23. The number of hydrogen-bond acceptors (Lipinski definition) is 4. The number of quaternary nitrogens is 1. The molecule has 0 radical (unpaired) electrons. The molecule has 0 amide bonds. The van der Waals surface area contributed by atoms with Crippen molar-refractivity contribution in [3.63, 3.8) is 0 Å². The summed E-state index contributed by atoms with van der Waals surface area (Å²) in [7, 11) is 0. The smallest absolute Gasteiger partial charge is 0.196 e. The number of para-hydroxylation sites is 1. The van der Waals surface area contributed by atoms with Gasteiger partial charge in [0.05, 0.1) is 31.0 Å². The Balaban J connectivity index is 1.59. The average Bonchev–Trinajstić information content (AvgIpc) is 2.99. The molecule has 0 saturated carbocycles. The number of fused-ring (bicyclic) bond motifs is 3. The van der Waals surface area contributed by atoms with Gasteiger partial charge in [-0.25, -0.2) is 0 Å². The Morgan fingerprint density at radius 2 is 2.04 bits per heavy atom. The molecule has 1 aromatic carbocycles. The standard InChI is InChI=1S/C17H20N4OS/c1-13-12-16-18-19-17(21(16)15-5-3-2-4-14(13)15)23-11-8-20-6-9-22-10-7-20/h2-5,12H,6-11H2,1H3/p+1. The van der Waals surface area contributed by atoms with Gasteiger partial charge in [-0.1, -0.05) is 30.0 Å². The molecule has 1 aliphatic heterocycles. The molecule has 0 bridgehead atoms. The third-order valence-corrected chi connectivity index (χ3v) is 5.39. The fourth-order valence-corrected chi connectivity index (χ4v) is 4.16. The molecule has 1 saturated heterocycles. The predicted octanol–water partition coefficient (Wildman–Crippen LogP) is 1.20. The Bertz CT molecular complexity index is 826. The minimum absolute atomic E-state index is 0.887. The summed E-state index contributed by atoms with van der Waals surface area (Å²) in [5.41, 5.74) is 3.37. The fourth-order valence-electron chi connectivity index (χ4n) is 3.16. The van der Waals surface area contributed by atoms with Gasteiger partial charge in [-0.3, -0.25) is 4.40 Å². The third-order valence-electron chi connectivity index (χ3n) is 4.46. The van der Waals surface area contributed by atoms with Gasteiger partial charge in [0, 0.05) is 5.39 Å². The molecular formula is C17H21N4OS+. The number of aryl methyl sites for hydroxylation is 1. The van der Waals surface area contributed by atoms with Crippen molar-refractivity contribution in [1.82, 2.24) is 14.6 Å². The molecule has 3 aromatic rings. The van der Waals surface area contributed by atoms with Crippen LogP contribution in [0.2, 0.25) is 0 Å². The van der Waals surface area contributed by atoms with Crippen LogP contribution in [-0.4, -0.2) is 53.2 Å². The van der Waals surface area contributed by atoms with Crippen molar-refractivity contribution in [1.29, 1.82) is 0 Å². The van der Waals surface area contributed by atoms with Crippen LogP contribution < -0.4 is 4.90 Å². The molecule has 0 atom stereocenters. The van der Waals surface area contributed by atoms with Gasteiger partial charge in [-0.05, 0) is 24.6 Å². The van der Waals surface area contributed by atoms with Crippen molar-refractivity contribution in [2.75, 3.05) is 38.6 Å². The van der Waals surface area contributed by atoms with Gasteiger partial charge in [0.1, 0.15) is 13.1 Å². The van der Waals surface area contributed by atoms with Crippen LogP contribution in [0, 0.1) is 6.92 Å². The number of pyridine rings is 1. The summed E-state index contributed by atoms with van der Waals surface area (Å²) < 4.78 is 7.60. The van der Waals surface area contributed by atoms with Crippen LogP contribution in [0.1, 0.15) is 5.56 Å². The van der Waals surface area contributed by atoms with Crippen LogP contribution in [0.25, 0.3) is 16.6 Å². The minimum Gasteiger partial charge on any atom is -0.370 e. The van der Waals surface area contributed by atoms with Gasteiger partial charge in [0.25, 0.3) is 0 Å². The first-order valence-corrected chi connectivity index (χ1v) is 9.09. The molecular weight excluding hydrogens is 308 g/mol. The maximum Gasteiger partial charge on any atom is 0.196 e. The first-order chi connectivity index (χ1) is 11.3. The Morgan fingerprint density at radius 3 is 2.91 bits per heavy atom. The van der Waals surface area contributed by atoms with Gasteiger partial charge in [0.2, 0.25) is 0 Å². The highest BCUT2D eigenvalue weighted by atomic mass is 32.2. The molecule has 3 heterocycles. The second kappa shape index (κ2) is 6.47. The van der Waals surface area contributed by atoms with Gasteiger partial charge in [0.15, 0.2) is 10.8 Å². The summed E-state index contributed by atoms with van der Waals surface area (Å²) in [6, 6.07) is 10.6. The van der Waals surface area contributed by atoms with Gasteiger partial charge >= 0.3 is 0 Å². The lowest BCUT2D eigenvalue weighted by atomic mass is 10.1. The van der Waals surface area contributed by atoms with E-state index in [1.807, 2.05) is 0 Å². The number of morpholine rings is 1. The zero-order valence-corrected chi connectivity index (χ0v) is 14.1. The summed E-state index contributed by atoms with van der Waals surface area (Å²) in [6.07, 6.45) is 0. The van der Waals surface area contributed by atoms with E-state index >= 15 is 0 Å². The number of ether oxygens (including phenoxy) is 1. The second-order valence-corrected chi connectivity index (χ2v) is 7.04. The summed E-state index contributed by atoms with van der Waals surface area (Å²) in [5, 5.41) is 11.0. The molecule has 6 heteroatoms. The van der Waals surface area contributed by atoms with Crippen LogP contribution in [0.4, 0.5) is 0 Å². The van der Waals surface area contributed by atoms with Gasteiger partial charge in [-0.15, -0.1) is 10.2 Å². The number of thioether (sulfide) groups is 1. The first-order valence-electron chi connectivity index (χ1n) is 8.10. The number of benzene rings is 1. The van der Waals surface area contributed by atoms with E-state index in [2.05, 4.69) is 51.9 Å². The maximum absolute atomic E-state index is 5.41. The summed E-state index contributed by atoms with van der Waals surface area (Å²) in [4.78, 5) is 1.62. The second-order valence-electron chi connectivity index (χ2n) is 5.98. The average molecular weight is 329 g/mol. The maximum atomic E-state index is 5.41. The van der Waals surface area contributed by atoms with Crippen LogP contribution >= 0.6 is 11.8 Å². The Hall–Kier alpha value is -1.63. The largest absolute Gasteiger partial charge is 0.370 e. The molecule has 5 nitrogen and oxygen atoms in total. The Kier molecular flexibility index (Phi) is 4.20. The number of nitrogens with zero attached hydrogens (tertiary/aromatic N) is 3. The minimum atomic E-state index is 0.887. The quantitative estimate of drug-likeness (QED) is 0.731. The number of rotatable bonds is 4. The van der Waals surface area contributed by atoms with Crippen LogP contribution in [0.3, 0.4) is 0 Å². The van der Waals surface area contributed by atoms with E-state index in [4.69, 9.17) is 4.74 Å². The first kappa shape index (κ1) is 14.9. The monoisotopic (exact) mass is 329 g/mol. The molecule has 0 unspecified atom stereocenters. The van der Waals surface area contributed by atoms with Gasteiger partial charge < -0.3 is 9.64 Å². The molecule has 1 N–H and O–H groups in total. The van der Waals surface area contributed by atoms with E-state index < -0.39 is 0 Å². The van der Waals surface area contributed by atoms with Crippen molar-refractivity contribution < 1.29 is 9.64 Å². The fraction of sp³-hybridized carbons (Fsp3) is 0.412. The van der Waals surface area contributed by atoms with Crippen LogP contribution in [0.15, 0.2) is 35.5 Å². The summed E-state index contributed by atoms with van der Waals surface area (Å²) in [5.74, 6) is 1.05. The number of aromatic nitrogens is 3. The van der Waals surface area contributed by atoms with E-state index in [0.29, 0.717) is 0 Å². The normalized spacial score (nSPS) is 16.4. The van der Waals surface area contributed by atoms with E-state index in [0.717, 1.165) is 49.4 Å². The van der Waals surface area contributed by atoms with E-state index in [1.54, 1.807) is 16.7 Å². The van der Waals surface area contributed by atoms with E-state index in [9.17, 15) is 0 Å². The summed E-state index contributed by atoms with van der Waals surface area (Å²) >= 11 is 1.80. The SMILES string of the molecule is Cc1cc2nnc(SCC[NH+]3CCOCC3)n2c2ccccc12. The van der Waals surface area contributed by atoms with E-state index in [1.165, 1.54) is 16.5 Å². The highest BCUT2D eigenvalue weighted by Gasteiger charge is 2.15.